The second-order valence-corrected chi connectivity index (χ2v) is 3.46. The Balaban J connectivity index is 2.91. The summed E-state index contributed by atoms with van der Waals surface area (Å²) in [5, 5.41) is 0.558. The molecular formula is C10H15ClN2O. The third-order valence-corrected chi connectivity index (χ3v) is 2.47. The smallest absolute Gasteiger partial charge is 0.135 e. The van der Waals surface area contributed by atoms with Gasteiger partial charge in [-0.3, -0.25) is 0 Å². The summed E-state index contributed by atoms with van der Waals surface area (Å²) >= 11 is 5.98. The van der Waals surface area contributed by atoms with E-state index in [0.29, 0.717) is 18.2 Å². The lowest BCUT2D eigenvalue weighted by Gasteiger charge is -2.06. The number of halogens is 1. The van der Waals surface area contributed by atoms with Crippen LogP contribution in [0.1, 0.15) is 24.0 Å². The van der Waals surface area contributed by atoms with Crippen LogP contribution in [0, 0.1) is 6.92 Å². The summed E-state index contributed by atoms with van der Waals surface area (Å²) in [5.41, 5.74) is 2.01. The van der Waals surface area contributed by atoms with Gasteiger partial charge in [-0.1, -0.05) is 18.5 Å². The van der Waals surface area contributed by atoms with Crippen molar-refractivity contribution in [2.45, 2.75) is 26.7 Å². The van der Waals surface area contributed by atoms with Crippen LogP contribution in [0.25, 0.3) is 0 Å². The first-order chi connectivity index (χ1) is 6.69. The summed E-state index contributed by atoms with van der Waals surface area (Å²) in [6, 6.07) is 0. The van der Waals surface area contributed by atoms with Crippen LogP contribution in [0.2, 0.25) is 5.15 Å². The van der Waals surface area contributed by atoms with E-state index in [0.717, 1.165) is 23.5 Å². The van der Waals surface area contributed by atoms with Crippen LogP contribution in [0.4, 0.5) is 0 Å². The second-order valence-electron chi connectivity index (χ2n) is 3.10. The molecule has 3 nitrogen and oxygen atoms in total. The average Bonchev–Trinajstić information content (AvgIpc) is 2.19. The van der Waals surface area contributed by atoms with Gasteiger partial charge >= 0.3 is 0 Å². The average molecular weight is 215 g/mol. The van der Waals surface area contributed by atoms with E-state index in [9.17, 15) is 0 Å². The number of ether oxygens (including phenoxy) is 1. The molecule has 0 saturated carbocycles. The zero-order valence-electron chi connectivity index (χ0n) is 8.80. The highest BCUT2D eigenvalue weighted by Crippen LogP contribution is 2.16. The van der Waals surface area contributed by atoms with Crippen molar-refractivity contribution in [3.63, 3.8) is 0 Å². The third kappa shape index (κ3) is 2.66. The van der Waals surface area contributed by atoms with E-state index in [1.165, 1.54) is 0 Å². The Bertz CT molecular complexity index is 315. The van der Waals surface area contributed by atoms with Crippen LogP contribution in [0.3, 0.4) is 0 Å². The van der Waals surface area contributed by atoms with Gasteiger partial charge < -0.3 is 4.74 Å². The number of methoxy groups -OCH3 is 1. The molecule has 0 aliphatic heterocycles. The Morgan fingerprint density at radius 2 is 2.07 bits per heavy atom. The van der Waals surface area contributed by atoms with Gasteiger partial charge in [0, 0.05) is 24.8 Å². The number of aromatic nitrogens is 2. The van der Waals surface area contributed by atoms with Gasteiger partial charge in [0.15, 0.2) is 0 Å². The van der Waals surface area contributed by atoms with Crippen molar-refractivity contribution in [1.82, 2.24) is 9.97 Å². The summed E-state index contributed by atoms with van der Waals surface area (Å²) in [7, 11) is 1.66. The molecule has 0 radical (unpaired) electrons. The van der Waals surface area contributed by atoms with E-state index in [1.54, 1.807) is 7.11 Å². The van der Waals surface area contributed by atoms with Crippen molar-refractivity contribution in [3.05, 3.63) is 22.2 Å². The number of nitrogens with zero attached hydrogens (tertiary/aromatic N) is 2. The molecule has 0 bridgehead atoms. The number of hydrogen-bond acceptors (Lipinski definition) is 3. The zero-order chi connectivity index (χ0) is 10.6. The molecule has 0 unspecified atom stereocenters. The van der Waals surface area contributed by atoms with Crippen LogP contribution in [-0.2, 0) is 17.6 Å². The lowest BCUT2D eigenvalue weighted by molar-refractivity contribution is 0.200. The minimum atomic E-state index is 0.558. The maximum Gasteiger partial charge on any atom is 0.135 e. The molecule has 0 spiro atoms. The van der Waals surface area contributed by atoms with Crippen molar-refractivity contribution in [2.24, 2.45) is 0 Å². The minimum Gasteiger partial charge on any atom is -0.384 e. The lowest BCUT2D eigenvalue weighted by Crippen LogP contribution is -2.05. The first-order valence-corrected chi connectivity index (χ1v) is 5.07. The van der Waals surface area contributed by atoms with Crippen LogP contribution < -0.4 is 0 Å². The molecule has 0 saturated heterocycles. The molecule has 78 valence electrons. The fourth-order valence-corrected chi connectivity index (χ4v) is 1.44. The van der Waals surface area contributed by atoms with Crippen molar-refractivity contribution in [3.8, 4) is 0 Å². The molecule has 0 aromatic carbocycles. The van der Waals surface area contributed by atoms with E-state index in [-0.39, 0.29) is 0 Å². The Morgan fingerprint density at radius 3 is 2.64 bits per heavy atom. The maximum absolute atomic E-state index is 5.98. The number of hydrogen-bond donors (Lipinski definition) is 0. The first kappa shape index (κ1) is 11.4. The highest BCUT2D eigenvalue weighted by molar-refractivity contribution is 6.30. The predicted molar refractivity (Wildman–Crippen MR) is 56.7 cm³/mol. The predicted octanol–water partition coefficient (Wildman–Crippen LogP) is 2.19. The maximum atomic E-state index is 5.98. The molecule has 0 fully saturated rings. The minimum absolute atomic E-state index is 0.558. The fourth-order valence-electron chi connectivity index (χ4n) is 1.23. The highest BCUT2D eigenvalue weighted by atomic mass is 35.5. The van der Waals surface area contributed by atoms with E-state index >= 15 is 0 Å². The van der Waals surface area contributed by atoms with Crippen LogP contribution in [0.15, 0.2) is 0 Å². The van der Waals surface area contributed by atoms with Gasteiger partial charge in [-0.2, -0.15) is 0 Å². The standard InChI is InChI=1S/C10H15ClN2O/c1-4-8-7(2)10(11)13-9(12-8)5-6-14-3/h4-6H2,1-3H3. The van der Waals surface area contributed by atoms with Gasteiger partial charge in [-0.15, -0.1) is 0 Å². The summed E-state index contributed by atoms with van der Waals surface area (Å²) in [5.74, 6) is 0.763. The molecule has 0 aliphatic rings. The van der Waals surface area contributed by atoms with Crippen molar-refractivity contribution < 1.29 is 4.74 Å². The van der Waals surface area contributed by atoms with Gasteiger partial charge in [0.2, 0.25) is 0 Å². The monoisotopic (exact) mass is 214 g/mol. The molecule has 0 atom stereocenters. The Labute approximate surface area is 89.5 Å². The SMILES string of the molecule is CCc1nc(CCOC)nc(Cl)c1C. The lowest BCUT2D eigenvalue weighted by atomic mass is 10.2. The molecule has 4 heteroatoms. The Morgan fingerprint density at radius 1 is 1.36 bits per heavy atom. The third-order valence-electron chi connectivity index (χ3n) is 2.10. The van der Waals surface area contributed by atoms with Crippen LogP contribution >= 0.6 is 11.6 Å². The zero-order valence-corrected chi connectivity index (χ0v) is 9.56. The number of aryl methyl sites for hydroxylation is 1. The van der Waals surface area contributed by atoms with Crippen molar-refractivity contribution in [2.75, 3.05) is 13.7 Å². The molecule has 1 rings (SSSR count). The molecule has 0 amide bonds. The quantitative estimate of drug-likeness (QED) is 0.721. The van der Waals surface area contributed by atoms with E-state index in [2.05, 4.69) is 16.9 Å². The molecule has 0 aliphatic carbocycles. The van der Waals surface area contributed by atoms with Gasteiger partial charge in [0.1, 0.15) is 11.0 Å². The normalized spacial score (nSPS) is 10.6. The molecular weight excluding hydrogens is 200 g/mol. The molecule has 1 aromatic rings. The summed E-state index contributed by atoms with van der Waals surface area (Å²) < 4.78 is 4.97. The van der Waals surface area contributed by atoms with Crippen molar-refractivity contribution in [1.29, 1.82) is 0 Å². The van der Waals surface area contributed by atoms with Crippen molar-refractivity contribution >= 4 is 11.6 Å². The van der Waals surface area contributed by atoms with Gasteiger partial charge in [0.05, 0.1) is 6.61 Å². The molecule has 14 heavy (non-hydrogen) atoms. The van der Waals surface area contributed by atoms with E-state index in [1.807, 2.05) is 6.92 Å². The fraction of sp³-hybridized carbons (Fsp3) is 0.600. The molecule has 1 aromatic heterocycles. The van der Waals surface area contributed by atoms with Crippen LogP contribution in [0.5, 0.6) is 0 Å². The highest BCUT2D eigenvalue weighted by Gasteiger charge is 2.07. The van der Waals surface area contributed by atoms with Gasteiger partial charge in [-0.05, 0) is 13.3 Å². The Kier molecular flexibility index (Phi) is 4.29. The topological polar surface area (TPSA) is 35.0 Å². The largest absolute Gasteiger partial charge is 0.384 e. The molecule has 0 N–H and O–H groups in total. The summed E-state index contributed by atoms with van der Waals surface area (Å²) in [4.78, 5) is 8.61. The van der Waals surface area contributed by atoms with E-state index < -0.39 is 0 Å². The molecule has 1 heterocycles. The number of rotatable bonds is 4. The summed E-state index contributed by atoms with van der Waals surface area (Å²) in [6.07, 6.45) is 1.59. The van der Waals surface area contributed by atoms with Gasteiger partial charge in [-0.25, -0.2) is 9.97 Å². The Hall–Kier alpha value is -0.670. The summed E-state index contributed by atoms with van der Waals surface area (Å²) in [6.45, 7) is 4.63. The van der Waals surface area contributed by atoms with Gasteiger partial charge in [0.25, 0.3) is 0 Å². The van der Waals surface area contributed by atoms with E-state index in [4.69, 9.17) is 16.3 Å². The second kappa shape index (κ2) is 5.27. The van der Waals surface area contributed by atoms with Crippen LogP contribution in [-0.4, -0.2) is 23.7 Å². The first-order valence-electron chi connectivity index (χ1n) is 4.69.